The highest BCUT2D eigenvalue weighted by molar-refractivity contribution is 7.19. The fraction of sp³-hybridized carbons (Fsp3) is 0.222. The number of hydrogen-bond donors (Lipinski definition) is 2. The Morgan fingerprint density at radius 1 is 1.26 bits per heavy atom. The van der Waals surface area contributed by atoms with E-state index in [1.807, 2.05) is 12.3 Å². The number of cyclic esters (lactones) is 1. The fourth-order valence-corrected chi connectivity index (χ4v) is 4.34. The molecule has 2 N–H and O–H groups in total. The maximum absolute atomic E-state index is 11.8. The topological polar surface area (TPSA) is 100 Å². The lowest BCUT2D eigenvalue weighted by Gasteiger charge is -2.15. The molecule has 5 rings (SSSR count). The third-order valence-electron chi connectivity index (χ3n) is 4.49. The number of aromatic nitrogens is 3. The molecular formula is C18H15N5O3S. The van der Waals surface area contributed by atoms with Gasteiger partial charge in [-0.1, -0.05) is 17.4 Å². The van der Waals surface area contributed by atoms with Crippen LogP contribution in [-0.4, -0.2) is 39.3 Å². The van der Waals surface area contributed by atoms with Crippen LogP contribution in [0.1, 0.15) is 11.3 Å². The molecule has 1 saturated heterocycles. The van der Waals surface area contributed by atoms with Crippen molar-refractivity contribution in [2.75, 3.05) is 23.4 Å². The monoisotopic (exact) mass is 381 g/mol. The van der Waals surface area contributed by atoms with Gasteiger partial charge in [-0.15, -0.1) is 0 Å². The number of aromatic hydroxyl groups is 1. The zero-order valence-electron chi connectivity index (χ0n) is 14.2. The van der Waals surface area contributed by atoms with Gasteiger partial charge < -0.3 is 15.2 Å². The number of aryl methyl sites for hydroxylation is 2. The molecule has 136 valence electrons. The predicted octanol–water partition coefficient (Wildman–Crippen LogP) is 3.10. The Hall–Kier alpha value is -3.20. The number of amides is 1. The van der Waals surface area contributed by atoms with Crippen molar-refractivity contribution >= 4 is 34.2 Å². The van der Waals surface area contributed by atoms with E-state index < -0.39 is 0 Å². The summed E-state index contributed by atoms with van der Waals surface area (Å²) in [6.07, 6.45) is 3.07. The molecule has 0 atom stereocenters. The van der Waals surface area contributed by atoms with Crippen LogP contribution in [0.25, 0.3) is 10.6 Å². The SMILES string of the molecule is O=C1OCCN1c1nc2c(s1)-c1nc(Nc3cccc(O)c3)ncc1CC2. The Morgan fingerprint density at radius 2 is 2.19 bits per heavy atom. The summed E-state index contributed by atoms with van der Waals surface area (Å²) in [6, 6.07) is 6.79. The van der Waals surface area contributed by atoms with Gasteiger partial charge in [-0.2, -0.15) is 0 Å². The van der Waals surface area contributed by atoms with Crippen LogP contribution in [-0.2, 0) is 17.6 Å². The molecule has 0 bridgehead atoms. The number of carbonyl (C=O) groups is 1. The van der Waals surface area contributed by atoms with Crippen LogP contribution in [0.5, 0.6) is 5.75 Å². The van der Waals surface area contributed by atoms with Crippen LogP contribution in [0, 0.1) is 0 Å². The average Bonchev–Trinajstić information content (AvgIpc) is 3.27. The molecule has 8 nitrogen and oxygen atoms in total. The molecule has 0 unspecified atom stereocenters. The molecule has 1 amide bonds. The number of nitrogens with one attached hydrogen (secondary N) is 1. The lowest BCUT2D eigenvalue weighted by molar-refractivity contribution is 0.181. The molecule has 1 aliphatic heterocycles. The maximum atomic E-state index is 11.8. The second-order valence-electron chi connectivity index (χ2n) is 6.28. The van der Waals surface area contributed by atoms with Gasteiger partial charge in [0.05, 0.1) is 22.8 Å². The van der Waals surface area contributed by atoms with Crippen LogP contribution in [0.3, 0.4) is 0 Å². The lowest BCUT2D eigenvalue weighted by atomic mass is 10.00. The minimum atomic E-state index is -0.352. The molecule has 3 aromatic rings. The first-order chi connectivity index (χ1) is 13.2. The van der Waals surface area contributed by atoms with E-state index >= 15 is 0 Å². The number of fused-ring (bicyclic) bond motifs is 3. The van der Waals surface area contributed by atoms with Gasteiger partial charge in [-0.05, 0) is 30.5 Å². The van der Waals surface area contributed by atoms with Gasteiger partial charge in [0.2, 0.25) is 5.95 Å². The Kier molecular flexibility index (Phi) is 3.68. The minimum Gasteiger partial charge on any atom is -0.508 e. The molecule has 3 heterocycles. The number of ether oxygens (including phenoxy) is 1. The van der Waals surface area contributed by atoms with Crippen LogP contribution in [0.15, 0.2) is 30.5 Å². The van der Waals surface area contributed by atoms with Crippen molar-refractivity contribution in [1.82, 2.24) is 15.0 Å². The quantitative estimate of drug-likeness (QED) is 0.719. The second-order valence-corrected chi connectivity index (χ2v) is 7.26. The van der Waals surface area contributed by atoms with Gasteiger partial charge in [-0.25, -0.2) is 24.6 Å². The van der Waals surface area contributed by atoms with Crippen molar-refractivity contribution in [3.63, 3.8) is 0 Å². The minimum absolute atomic E-state index is 0.171. The fourth-order valence-electron chi connectivity index (χ4n) is 3.19. The van der Waals surface area contributed by atoms with E-state index in [0.29, 0.717) is 29.9 Å². The Labute approximate surface area is 158 Å². The van der Waals surface area contributed by atoms with E-state index in [0.717, 1.165) is 34.7 Å². The van der Waals surface area contributed by atoms with Gasteiger partial charge in [-0.3, -0.25) is 0 Å². The first kappa shape index (κ1) is 16.0. The molecule has 0 spiro atoms. The van der Waals surface area contributed by atoms with Gasteiger partial charge in [0.25, 0.3) is 0 Å². The van der Waals surface area contributed by atoms with Gasteiger partial charge in [0.1, 0.15) is 12.4 Å². The van der Waals surface area contributed by atoms with Gasteiger partial charge >= 0.3 is 6.09 Å². The largest absolute Gasteiger partial charge is 0.508 e. The number of nitrogens with zero attached hydrogens (tertiary/aromatic N) is 4. The van der Waals surface area contributed by atoms with E-state index in [-0.39, 0.29) is 11.8 Å². The number of thiazole rings is 1. The van der Waals surface area contributed by atoms with Crippen molar-refractivity contribution < 1.29 is 14.6 Å². The molecule has 0 saturated carbocycles. The maximum Gasteiger partial charge on any atom is 0.416 e. The molecular weight excluding hydrogens is 366 g/mol. The molecule has 1 aliphatic carbocycles. The van der Waals surface area contributed by atoms with E-state index in [2.05, 4.69) is 20.3 Å². The van der Waals surface area contributed by atoms with E-state index in [1.54, 1.807) is 23.1 Å². The van der Waals surface area contributed by atoms with Crippen molar-refractivity contribution in [2.24, 2.45) is 0 Å². The summed E-state index contributed by atoms with van der Waals surface area (Å²) in [7, 11) is 0. The number of anilines is 3. The van der Waals surface area contributed by atoms with Crippen molar-refractivity contribution in [3.05, 3.63) is 41.7 Å². The van der Waals surface area contributed by atoms with Crippen LogP contribution in [0.2, 0.25) is 0 Å². The molecule has 9 heteroatoms. The highest BCUT2D eigenvalue weighted by Gasteiger charge is 2.30. The second kappa shape index (κ2) is 6.20. The van der Waals surface area contributed by atoms with Crippen molar-refractivity contribution in [3.8, 4) is 16.3 Å². The number of phenolic OH excluding ortho intramolecular Hbond substituents is 1. The number of rotatable bonds is 3. The molecule has 2 aliphatic rings. The Morgan fingerprint density at radius 3 is 3.00 bits per heavy atom. The zero-order valence-corrected chi connectivity index (χ0v) is 15.0. The summed E-state index contributed by atoms with van der Waals surface area (Å²) in [5.74, 6) is 0.618. The number of phenols is 1. The highest BCUT2D eigenvalue weighted by Crippen LogP contribution is 2.40. The highest BCUT2D eigenvalue weighted by atomic mass is 32.1. The van der Waals surface area contributed by atoms with Crippen LogP contribution < -0.4 is 10.2 Å². The zero-order chi connectivity index (χ0) is 18.4. The molecule has 1 aromatic carbocycles. The predicted molar refractivity (Wildman–Crippen MR) is 101 cm³/mol. The third-order valence-corrected chi connectivity index (χ3v) is 5.62. The van der Waals surface area contributed by atoms with E-state index in [1.165, 1.54) is 11.3 Å². The van der Waals surface area contributed by atoms with Crippen LogP contribution in [0.4, 0.5) is 21.6 Å². The molecule has 2 aromatic heterocycles. The Bertz CT molecular complexity index is 1050. The standard InChI is InChI=1S/C18H15N5O3S/c24-12-3-1-2-11(8-12)20-16-19-9-10-4-5-13-15(14(10)22-16)27-17(21-13)23-6-7-26-18(23)25/h1-3,8-9,24H,4-7H2,(H,19,20,22). The summed E-state index contributed by atoms with van der Waals surface area (Å²) < 4.78 is 5.01. The summed E-state index contributed by atoms with van der Waals surface area (Å²) in [5.41, 5.74) is 3.55. The van der Waals surface area contributed by atoms with Crippen molar-refractivity contribution in [1.29, 1.82) is 0 Å². The van der Waals surface area contributed by atoms with Gasteiger partial charge in [0, 0.05) is 18.0 Å². The van der Waals surface area contributed by atoms with Crippen molar-refractivity contribution in [2.45, 2.75) is 12.8 Å². The summed E-state index contributed by atoms with van der Waals surface area (Å²) in [4.78, 5) is 28.1. The number of hydrogen-bond acceptors (Lipinski definition) is 8. The Balaban J connectivity index is 1.50. The normalized spacial score (nSPS) is 15.3. The first-order valence-corrected chi connectivity index (χ1v) is 9.35. The average molecular weight is 381 g/mol. The molecule has 27 heavy (non-hydrogen) atoms. The molecule has 0 radical (unpaired) electrons. The third kappa shape index (κ3) is 2.85. The summed E-state index contributed by atoms with van der Waals surface area (Å²) >= 11 is 1.45. The van der Waals surface area contributed by atoms with Crippen LogP contribution >= 0.6 is 11.3 Å². The summed E-state index contributed by atoms with van der Waals surface area (Å²) in [5, 5.41) is 13.4. The molecule has 1 fully saturated rings. The lowest BCUT2D eigenvalue weighted by Crippen LogP contribution is -2.23. The van der Waals surface area contributed by atoms with Gasteiger partial charge in [0.15, 0.2) is 5.13 Å². The first-order valence-electron chi connectivity index (χ1n) is 8.54. The van der Waals surface area contributed by atoms with E-state index in [4.69, 9.17) is 4.74 Å². The van der Waals surface area contributed by atoms with E-state index in [9.17, 15) is 9.90 Å². The number of carbonyl (C=O) groups excluding carboxylic acids is 1. The smallest absolute Gasteiger partial charge is 0.416 e. The summed E-state index contributed by atoms with van der Waals surface area (Å²) in [6.45, 7) is 0.909. The number of benzene rings is 1.